The zero-order chi connectivity index (χ0) is 14.7. The Balaban J connectivity index is 1.61. The summed E-state index contributed by atoms with van der Waals surface area (Å²) in [5, 5.41) is 3.26. The molecular weight excluding hydrogens is 268 g/mol. The Morgan fingerprint density at radius 1 is 1.14 bits per heavy atom. The average molecular weight is 288 g/mol. The summed E-state index contributed by atoms with van der Waals surface area (Å²) in [6, 6.07) is 8.72. The number of nitrogens with zero attached hydrogens (tertiary/aromatic N) is 1. The normalized spacial score (nSPS) is 23.8. The fraction of sp³-hybridized carbons (Fsp3) is 0.500. The summed E-state index contributed by atoms with van der Waals surface area (Å²) in [5.41, 5.74) is 0.655. The molecule has 2 saturated heterocycles. The van der Waals surface area contributed by atoms with Gasteiger partial charge in [-0.05, 0) is 37.4 Å². The van der Waals surface area contributed by atoms with Crippen LogP contribution in [-0.4, -0.2) is 37.6 Å². The number of amides is 2. The maximum Gasteiger partial charge on any atom is 0.251 e. The van der Waals surface area contributed by atoms with Crippen LogP contribution in [0.5, 0.6) is 0 Å². The molecule has 0 spiro atoms. The number of imide groups is 1. The molecule has 0 aliphatic carbocycles. The number of hydrogen-bond donors (Lipinski definition) is 1. The second-order valence-electron chi connectivity index (χ2n) is 5.62. The summed E-state index contributed by atoms with van der Waals surface area (Å²) in [7, 11) is 0. The first-order valence-electron chi connectivity index (χ1n) is 7.48. The highest BCUT2D eigenvalue weighted by Gasteiger charge is 2.39. The van der Waals surface area contributed by atoms with Crippen molar-refractivity contribution >= 4 is 17.5 Å². The van der Waals surface area contributed by atoms with Crippen molar-refractivity contribution in [3.8, 4) is 0 Å². The summed E-state index contributed by atoms with van der Waals surface area (Å²) in [6.07, 6.45) is 2.28. The van der Waals surface area contributed by atoms with Gasteiger partial charge in [0.2, 0.25) is 5.91 Å². The van der Waals surface area contributed by atoms with Gasteiger partial charge in [0.1, 0.15) is 0 Å². The van der Waals surface area contributed by atoms with Crippen molar-refractivity contribution in [2.45, 2.75) is 25.3 Å². The summed E-state index contributed by atoms with van der Waals surface area (Å²) < 4.78 is 5.33. The zero-order valence-electron chi connectivity index (χ0n) is 12.0. The van der Waals surface area contributed by atoms with Crippen LogP contribution in [0.15, 0.2) is 30.3 Å². The van der Waals surface area contributed by atoms with Gasteiger partial charge in [-0.25, -0.2) is 4.90 Å². The molecule has 21 heavy (non-hydrogen) atoms. The smallest absolute Gasteiger partial charge is 0.251 e. The van der Waals surface area contributed by atoms with Gasteiger partial charge in [0.15, 0.2) is 0 Å². The van der Waals surface area contributed by atoms with Gasteiger partial charge in [0.05, 0.1) is 18.2 Å². The Kier molecular flexibility index (Phi) is 4.31. The minimum Gasteiger partial charge on any atom is -0.381 e. The number of benzene rings is 1. The molecule has 2 heterocycles. The van der Waals surface area contributed by atoms with Gasteiger partial charge in [0.25, 0.3) is 5.91 Å². The topological polar surface area (TPSA) is 58.6 Å². The number of rotatable bonds is 4. The lowest BCUT2D eigenvalue weighted by Gasteiger charge is -2.23. The third-order valence-corrected chi connectivity index (χ3v) is 4.15. The molecule has 1 aromatic carbocycles. The van der Waals surface area contributed by atoms with Crippen molar-refractivity contribution in [3.63, 3.8) is 0 Å². The van der Waals surface area contributed by atoms with Gasteiger partial charge in [-0.15, -0.1) is 0 Å². The van der Waals surface area contributed by atoms with Crippen LogP contribution in [0, 0.1) is 5.92 Å². The number of carbonyl (C=O) groups is 2. The summed E-state index contributed by atoms with van der Waals surface area (Å²) in [4.78, 5) is 25.8. The van der Waals surface area contributed by atoms with Gasteiger partial charge < -0.3 is 10.1 Å². The molecule has 0 aromatic heterocycles. The number of hydrogen-bond acceptors (Lipinski definition) is 4. The van der Waals surface area contributed by atoms with Crippen LogP contribution in [0.2, 0.25) is 0 Å². The van der Waals surface area contributed by atoms with E-state index in [1.165, 1.54) is 4.90 Å². The second kappa shape index (κ2) is 6.37. The average Bonchev–Trinajstić information content (AvgIpc) is 2.81. The number of ether oxygens (including phenoxy) is 1. The minimum absolute atomic E-state index is 0.129. The minimum atomic E-state index is -0.388. The van der Waals surface area contributed by atoms with E-state index in [1.807, 2.05) is 18.2 Å². The van der Waals surface area contributed by atoms with E-state index in [-0.39, 0.29) is 24.3 Å². The Morgan fingerprint density at radius 3 is 2.57 bits per heavy atom. The molecule has 2 amide bonds. The highest BCUT2D eigenvalue weighted by Crippen LogP contribution is 2.23. The van der Waals surface area contributed by atoms with E-state index in [4.69, 9.17) is 4.74 Å². The number of carbonyl (C=O) groups excluding carboxylic acids is 2. The van der Waals surface area contributed by atoms with E-state index in [0.29, 0.717) is 11.6 Å². The molecule has 2 aliphatic rings. The van der Waals surface area contributed by atoms with Crippen LogP contribution in [-0.2, 0) is 14.3 Å². The van der Waals surface area contributed by atoms with Gasteiger partial charge in [-0.2, -0.15) is 0 Å². The van der Waals surface area contributed by atoms with E-state index < -0.39 is 0 Å². The second-order valence-corrected chi connectivity index (χ2v) is 5.62. The number of para-hydroxylation sites is 1. The zero-order valence-corrected chi connectivity index (χ0v) is 12.0. The van der Waals surface area contributed by atoms with E-state index in [2.05, 4.69) is 5.32 Å². The van der Waals surface area contributed by atoms with Crippen molar-refractivity contribution in [2.75, 3.05) is 24.7 Å². The van der Waals surface area contributed by atoms with Crippen molar-refractivity contribution in [2.24, 2.45) is 5.92 Å². The Labute approximate surface area is 124 Å². The fourth-order valence-electron chi connectivity index (χ4n) is 2.90. The lowest BCUT2D eigenvalue weighted by atomic mass is 10.00. The summed E-state index contributed by atoms with van der Waals surface area (Å²) in [6.45, 7) is 2.36. The highest BCUT2D eigenvalue weighted by molar-refractivity contribution is 6.22. The third kappa shape index (κ3) is 3.14. The lowest BCUT2D eigenvalue weighted by molar-refractivity contribution is -0.121. The summed E-state index contributed by atoms with van der Waals surface area (Å²) in [5.74, 6) is 0.265. The van der Waals surface area contributed by atoms with Crippen LogP contribution >= 0.6 is 0 Å². The van der Waals surface area contributed by atoms with E-state index in [9.17, 15) is 9.59 Å². The van der Waals surface area contributed by atoms with Gasteiger partial charge in [-0.1, -0.05) is 18.2 Å². The molecule has 0 radical (unpaired) electrons. The van der Waals surface area contributed by atoms with Crippen LogP contribution in [0.4, 0.5) is 5.69 Å². The predicted molar refractivity (Wildman–Crippen MR) is 78.9 cm³/mol. The first-order chi connectivity index (χ1) is 10.3. The van der Waals surface area contributed by atoms with Crippen molar-refractivity contribution in [1.29, 1.82) is 0 Å². The molecule has 1 N–H and O–H groups in total. The van der Waals surface area contributed by atoms with E-state index in [1.54, 1.807) is 12.1 Å². The van der Waals surface area contributed by atoms with Crippen LogP contribution < -0.4 is 10.2 Å². The van der Waals surface area contributed by atoms with Crippen LogP contribution in [0.25, 0.3) is 0 Å². The van der Waals surface area contributed by atoms with E-state index >= 15 is 0 Å². The molecule has 1 aromatic rings. The SMILES string of the molecule is O=C1CC(NCC2CCOCC2)C(=O)N1c1ccccc1. The third-order valence-electron chi connectivity index (χ3n) is 4.15. The van der Waals surface area contributed by atoms with Crippen LogP contribution in [0.3, 0.4) is 0 Å². The number of anilines is 1. The molecule has 0 saturated carbocycles. The molecule has 112 valence electrons. The maximum absolute atomic E-state index is 12.4. The fourth-order valence-corrected chi connectivity index (χ4v) is 2.90. The summed E-state index contributed by atoms with van der Waals surface area (Å²) >= 11 is 0. The largest absolute Gasteiger partial charge is 0.381 e. The van der Waals surface area contributed by atoms with Gasteiger partial charge in [0, 0.05) is 13.2 Å². The van der Waals surface area contributed by atoms with Gasteiger partial charge >= 0.3 is 0 Å². The quantitative estimate of drug-likeness (QED) is 0.849. The molecule has 1 unspecified atom stereocenters. The molecule has 5 nitrogen and oxygen atoms in total. The van der Waals surface area contributed by atoms with Crippen molar-refractivity contribution in [1.82, 2.24) is 5.32 Å². The molecular formula is C16H20N2O3. The Bertz CT molecular complexity index is 512. The molecule has 0 bridgehead atoms. The predicted octanol–water partition coefficient (Wildman–Crippen LogP) is 1.33. The molecule has 3 rings (SSSR count). The first-order valence-corrected chi connectivity index (χ1v) is 7.48. The monoisotopic (exact) mass is 288 g/mol. The maximum atomic E-state index is 12.4. The molecule has 1 atom stereocenters. The van der Waals surface area contributed by atoms with Crippen molar-refractivity contribution in [3.05, 3.63) is 30.3 Å². The first kappa shape index (κ1) is 14.2. The highest BCUT2D eigenvalue weighted by atomic mass is 16.5. The van der Waals surface area contributed by atoms with Crippen molar-refractivity contribution < 1.29 is 14.3 Å². The Hall–Kier alpha value is -1.72. The molecule has 2 fully saturated rings. The van der Waals surface area contributed by atoms with Crippen LogP contribution in [0.1, 0.15) is 19.3 Å². The van der Waals surface area contributed by atoms with Gasteiger partial charge in [-0.3, -0.25) is 9.59 Å². The standard InChI is InChI=1S/C16H20N2O3/c19-15-10-14(17-11-12-6-8-21-9-7-12)16(20)18(15)13-4-2-1-3-5-13/h1-5,12,14,17H,6-11H2. The number of nitrogens with one attached hydrogen (secondary N) is 1. The molecule has 2 aliphatic heterocycles. The lowest BCUT2D eigenvalue weighted by Crippen LogP contribution is -2.41. The van der Waals surface area contributed by atoms with E-state index in [0.717, 1.165) is 32.6 Å². The molecule has 5 heteroatoms. The Morgan fingerprint density at radius 2 is 1.86 bits per heavy atom.